The molecule has 3 aromatic rings. The summed E-state index contributed by atoms with van der Waals surface area (Å²) in [5.74, 6) is -0.468. The molecule has 3 heterocycles. The second-order valence-corrected chi connectivity index (χ2v) is 3.67. The van der Waals surface area contributed by atoms with Crippen molar-refractivity contribution in [1.29, 1.82) is 0 Å². The van der Waals surface area contributed by atoms with E-state index in [9.17, 15) is 4.39 Å². The lowest BCUT2D eigenvalue weighted by atomic mass is 10.1. The highest BCUT2D eigenvalue weighted by atomic mass is 35.5. The van der Waals surface area contributed by atoms with E-state index in [1.807, 2.05) is 0 Å². The van der Waals surface area contributed by atoms with Crippen molar-refractivity contribution < 1.29 is 4.39 Å². The third kappa shape index (κ3) is 1.62. The van der Waals surface area contributed by atoms with Crippen LogP contribution in [0.1, 0.15) is 0 Å². The van der Waals surface area contributed by atoms with Crippen molar-refractivity contribution in [3.05, 3.63) is 35.8 Å². The lowest BCUT2D eigenvalue weighted by molar-refractivity contribution is 0.624. The van der Waals surface area contributed by atoms with Crippen LogP contribution in [0.2, 0.25) is 5.28 Å². The van der Waals surface area contributed by atoms with Crippen LogP contribution in [-0.4, -0.2) is 25.1 Å². The number of aromatic amines is 1. The van der Waals surface area contributed by atoms with Crippen LogP contribution in [0.4, 0.5) is 4.39 Å². The Bertz CT molecular complexity index is 696. The van der Waals surface area contributed by atoms with E-state index in [1.165, 1.54) is 18.5 Å². The van der Waals surface area contributed by atoms with E-state index in [1.54, 1.807) is 0 Å². The van der Waals surface area contributed by atoms with E-state index in [-0.39, 0.29) is 5.28 Å². The van der Waals surface area contributed by atoms with Gasteiger partial charge in [0.05, 0.1) is 23.5 Å². The van der Waals surface area contributed by atoms with Gasteiger partial charge in [0.25, 0.3) is 0 Å². The smallest absolute Gasteiger partial charge is 0.224 e. The van der Waals surface area contributed by atoms with Crippen LogP contribution >= 0.6 is 11.6 Å². The first-order chi connectivity index (χ1) is 8.25. The fourth-order valence-electron chi connectivity index (χ4n) is 1.58. The molecule has 0 aliphatic carbocycles. The Hall–Kier alpha value is -2.08. The molecule has 3 rings (SSSR count). The lowest BCUT2D eigenvalue weighted by Crippen LogP contribution is -1.92. The molecule has 7 heteroatoms. The molecule has 0 saturated carbocycles. The Balaban J connectivity index is 2.37. The Kier molecular flexibility index (Phi) is 2.22. The Morgan fingerprint density at radius 2 is 2.12 bits per heavy atom. The summed E-state index contributed by atoms with van der Waals surface area (Å²) in [4.78, 5) is 11.7. The van der Waals surface area contributed by atoms with Crippen LogP contribution in [-0.2, 0) is 0 Å². The van der Waals surface area contributed by atoms with Crippen molar-refractivity contribution >= 4 is 22.6 Å². The molecule has 1 N–H and O–H groups in total. The zero-order valence-corrected chi connectivity index (χ0v) is 9.11. The molecule has 0 aromatic carbocycles. The van der Waals surface area contributed by atoms with Gasteiger partial charge in [0.15, 0.2) is 11.5 Å². The quantitative estimate of drug-likeness (QED) is 0.672. The molecule has 0 bridgehead atoms. The molecule has 0 aliphatic rings. The summed E-state index contributed by atoms with van der Waals surface area (Å²) in [6.07, 6.45) is 4.14. The predicted octanol–water partition coefficient (Wildman–Crippen LogP) is 2.21. The molecule has 0 amide bonds. The van der Waals surface area contributed by atoms with Crippen molar-refractivity contribution in [2.24, 2.45) is 0 Å². The third-order valence-corrected chi connectivity index (χ3v) is 2.48. The molecule has 0 saturated heterocycles. The van der Waals surface area contributed by atoms with E-state index in [0.29, 0.717) is 22.3 Å². The molecule has 0 unspecified atom stereocenters. The lowest BCUT2D eigenvalue weighted by Gasteiger charge is -2.03. The van der Waals surface area contributed by atoms with Gasteiger partial charge in [-0.3, -0.25) is 10.1 Å². The van der Waals surface area contributed by atoms with Gasteiger partial charge in [0.2, 0.25) is 5.28 Å². The molecule has 84 valence electrons. The van der Waals surface area contributed by atoms with Crippen LogP contribution in [0.3, 0.4) is 0 Å². The van der Waals surface area contributed by atoms with Crippen molar-refractivity contribution in [1.82, 2.24) is 25.1 Å². The first-order valence-electron chi connectivity index (χ1n) is 4.72. The van der Waals surface area contributed by atoms with Gasteiger partial charge in [-0.2, -0.15) is 10.1 Å². The fraction of sp³-hybridized carbons (Fsp3) is 0. The number of fused-ring (bicyclic) bond motifs is 1. The summed E-state index contributed by atoms with van der Waals surface area (Å²) >= 11 is 5.77. The average Bonchev–Trinajstić information content (AvgIpc) is 2.76. The van der Waals surface area contributed by atoms with Gasteiger partial charge in [0.1, 0.15) is 0 Å². The number of H-pyrrole nitrogens is 1. The number of aromatic nitrogens is 5. The average molecular weight is 250 g/mol. The maximum Gasteiger partial charge on any atom is 0.224 e. The first kappa shape index (κ1) is 10.1. The maximum atomic E-state index is 13.6. The summed E-state index contributed by atoms with van der Waals surface area (Å²) in [6.45, 7) is 0. The van der Waals surface area contributed by atoms with E-state index in [0.717, 1.165) is 6.20 Å². The molecule has 0 spiro atoms. The molecular weight excluding hydrogens is 245 g/mol. The van der Waals surface area contributed by atoms with Crippen LogP contribution in [0, 0.1) is 5.82 Å². The van der Waals surface area contributed by atoms with Gasteiger partial charge >= 0.3 is 0 Å². The van der Waals surface area contributed by atoms with Crippen LogP contribution in [0.25, 0.3) is 22.3 Å². The predicted molar refractivity (Wildman–Crippen MR) is 59.9 cm³/mol. The number of nitrogens with one attached hydrogen (secondary N) is 1. The number of nitrogens with zero attached hydrogens (tertiary/aromatic N) is 4. The van der Waals surface area contributed by atoms with E-state index in [2.05, 4.69) is 25.1 Å². The van der Waals surface area contributed by atoms with Crippen molar-refractivity contribution in [3.63, 3.8) is 0 Å². The summed E-state index contributed by atoms with van der Waals surface area (Å²) < 4.78 is 13.6. The van der Waals surface area contributed by atoms with Gasteiger partial charge < -0.3 is 0 Å². The number of rotatable bonds is 1. The zero-order valence-electron chi connectivity index (χ0n) is 8.35. The monoisotopic (exact) mass is 249 g/mol. The largest absolute Gasteiger partial charge is 0.262 e. The minimum atomic E-state index is -0.468. The highest BCUT2D eigenvalue weighted by molar-refractivity contribution is 6.28. The Morgan fingerprint density at radius 1 is 1.24 bits per heavy atom. The summed E-state index contributed by atoms with van der Waals surface area (Å²) in [5, 5.41) is 7.15. The van der Waals surface area contributed by atoms with E-state index in [4.69, 9.17) is 11.6 Å². The van der Waals surface area contributed by atoms with Gasteiger partial charge in [-0.1, -0.05) is 0 Å². The standard InChI is InChI=1S/C10H5ClFN5/c11-10-15-8(5-1-2-13-4-7(5)12)6-3-14-17-9(6)16-10/h1-4H,(H,14,15,16,17). The van der Waals surface area contributed by atoms with E-state index < -0.39 is 5.82 Å². The van der Waals surface area contributed by atoms with Crippen LogP contribution in [0.5, 0.6) is 0 Å². The fourth-order valence-corrected chi connectivity index (χ4v) is 1.75. The van der Waals surface area contributed by atoms with Crippen LogP contribution in [0.15, 0.2) is 24.7 Å². The number of halogens is 2. The molecule has 0 radical (unpaired) electrons. The molecule has 0 atom stereocenters. The molecule has 3 aromatic heterocycles. The van der Waals surface area contributed by atoms with Gasteiger partial charge in [-0.25, -0.2) is 9.37 Å². The van der Waals surface area contributed by atoms with Crippen molar-refractivity contribution in [2.75, 3.05) is 0 Å². The molecule has 0 aliphatic heterocycles. The van der Waals surface area contributed by atoms with E-state index >= 15 is 0 Å². The SMILES string of the molecule is Fc1cnccc1-c1nc(Cl)nc2[nH]ncc12. The zero-order chi connectivity index (χ0) is 11.8. The number of hydrogen-bond acceptors (Lipinski definition) is 4. The number of pyridine rings is 1. The minimum absolute atomic E-state index is 0.0352. The minimum Gasteiger partial charge on any atom is -0.262 e. The van der Waals surface area contributed by atoms with Crippen molar-refractivity contribution in [3.8, 4) is 11.3 Å². The molecular formula is C10H5ClFN5. The number of hydrogen-bond donors (Lipinski definition) is 1. The maximum absolute atomic E-state index is 13.6. The molecule has 0 fully saturated rings. The Morgan fingerprint density at radius 3 is 2.94 bits per heavy atom. The second-order valence-electron chi connectivity index (χ2n) is 3.33. The second kappa shape index (κ2) is 3.74. The summed E-state index contributed by atoms with van der Waals surface area (Å²) in [5.41, 5.74) is 1.18. The topological polar surface area (TPSA) is 67.3 Å². The Labute approximate surface area is 99.7 Å². The highest BCUT2D eigenvalue weighted by Crippen LogP contribution is 2.27. The normalized spacial score (nSPS) is 10.9. The van der Waals surface area contributed by atoms with Crippen LogP contribution < -0.4 is 0 Å². The van der Waals surface area contributed by atoms with Gasteiger partial charge in [-0.15, -0.1) is 0 Å². The molecule has 5 nitrogen and oxygen atoms in total. The van der Waals surface area contributed by atoms with Gasteiger partial charge in [0, 0.05) is 11.8 Å². The summed E-state index contributed by atoms with van der Waals surface area (Å²) in [7, 11) is 0. The summed E-state index contributed by atoms with van der Waals surface area (Å²) in [6, 6.07) is 1.53. The van der Waals surface area contributed by atoms with Gasteiger partial charge in [-0.05, 0) is 17.7 Å². The highest BCUT2D eigenvalue weighted by Gasteiger charge is 2.13. The first-order valence-corrected chi connectivity index (χ1v) is 5.10. The van der Waals surface area contributed by atoms with Crippen molar-refractivity contribution in [2.45, 2.75) is 0 Å². The molecule has 17 heavy (non-hydrogen) atoms. The third-order valence-electron chi connectivity index (χ3n) is 2.31.